The van der Waals surface area contributed by atoms with Crippen molar-refractivity contribution in [1.82, 2.24) is 4.90 Å². The predicted octanol–water partition coefficient (Wildman–Crippen LogP) is 3.69. The first-order valence-electron chi connectivity index (χ1n) is 7.36. The summed E-state index contributed by atoms with van der Waals surface area (Å²) in [7, 11) is 0. The van der Waals surface area contributed by atoms with Gasteiger partial charge in [0.1, 0.15) is 11.6 Å². The molecule has 0 amide bonds. The standard InChI is InChI=1S/C16H22FNO/c17-14-9-13(10-15(19)11-14)12-18-7-5-16(6-8-18)3-1-2-4-16/h9-11,19H,1-8,12H2. The number of rotatable bonds is 2. The van der Waals surface area contributed by atoms with Gasteiger partial charge in [0.25, 0.3) is 0 Å². The maximum atomic E-state index is 13.2. The first-order chi connectivity index (χ1) is 9.15. The van der Waals surface area contributed by atoms with Crippen LogP contribution in [-0.2, 0) is 6.54 Å². The molecule has 1 aromatic carbocycles. The number of aromatic hydroxyl groups is 1. The lowest BCUT2D eigenvalue weighted by Gasteiger charge is -2.39. The summed E-state index contributed by atoms with van der Waals surface area (Å²) in [4.78, 5) is 2.39. The lowest BCUT2D eigenvalue weighted by Crippen LogP contribution is -2.38. The van der Waals surface area contributed by atoms with Crippen LogP contribution in [0.5, 0.6) is 5.75 Å². The van der Waals surface area contributed by atoms with Crippen LogP contribution in [-0.4, -0.2) is 23.1 Å². The summed E-state index contributed by atoms with van der Waals surface area (Å²) in [5, 5.41) is 9.43. The van der Waals surface area contributed by atoms with Crippen molar-refractivity contribution in [3.63, 3.8) is 0 Å². The number of hydrogen-bond acceptors (Lipinski definition) is 2. The van der Waals surface area contributed by atoms with Crippen LogP contribution >= 0.6 is 0 Å². The van der Waals surface area contributed by atoms with E-state index in [1.165, 1.54) is 44.6 Å². The first-order valence-corrected chi connectivity index (χ1v) is 7.36. The van der Waals surface area contributed by atoms with E-state index >= 15 is 0 Å². The highest BCUT2D eigenvalue weighted by atomic mass is 19.1. The van der Waals surface area contributed by atoms with Crippen LogP contribution < -0.4 is 0 Å². The van der Waals surface area contributed by atoms with Gasteiger partial charge in [-0.1, -0.05) is 12.8 Å². The van der Waals surface area contributed by atoms with Crippen molar-refractivity contribution in [2.75, 3.05) is 13.1 Å². The summed E-state index contributed by atoms with van der Waals surface area (Å²) in [6.07, 6.45) is 8.18. The van der Waals surface area contributed by atoms with Crippen molar-refractivity contribution >= 4 is 0 Å². The molecule has 0 unspecified atom stereocenters. The molecule has 0 aromatic heterocycles. The summed E-state index contributed by atoms with van der Waals surface area (Å²) in [5.41, 5.74) is 1.50. The van der Waals surface area contributed by atoms with Gasteiger partial charge >= 0.3 is 0 Å². The predicted molar refractivity (Wildman–Crippen MR) is 73.5 cm³/mol. The molecule has 2 aliphatic rings. The molecule has 3 heteroatoms. The second-order valence-electron chi connectivity index (χ2n) is 6.30. The summed E-state index contributed by atoms with van der Waals surface area (Å²) in [6, 6.07) is 4.36. The number of benzene rings is 1. The fourth-order valence-electron chi connectivity index (χ4n) is 3.79. The maximum absolute atomic E-state index is 13.2. The summed E-state index contributed by atoms with van der Waals surface area (Å²) < 4.78 is 13.2. The van der Waals surface area contributed by atoms with Crippen molar-refractivity contribution in [1.29, 1.82) is 0 Å². The van der Waals surface area contributed by atoms with Gasteiger partial charge in [-0.15, -0.1) is 0 Å². The Bertz CT molecular complexity index is 424. The van der Waals surface area contributed by atoms with Crippen LogP contribution in [0, 0.1) is 11.2 Å². The second kappa shape index (κ2) is 5.12. The Morgan fingerprint density at radius 1 is 1.05 bits per heavy atom. The van der Waals surface area contributed by atoms with Crippen LogP contribution in [0.3, 0.4) is 0 Å². The number of phenols is 1. The number of phenolic OH excluding ortho intramolecular Hbond substituents is 1. The van der Waals surface area contributed by atoms with Gasteiger partial charge in [0.2, 0.25) is 0 Å². The van der Waals surface area contributed by atoms with Gasteiger partial charge in [0, 0.05) is 12.6 Å². The molecular weight excluding hydrogens is 241 g/mol. The molecule has 1 spiro atoms. The minimum Gasteiger partial charge on any atom is -0.508 e. The highest BCUT2D eigenvalue weighted by molar-refractivity contribution is 5.28. The third-order valence-corrected chi connectivity index (χ3v) is 4.93. The quantitative estimate of drug-likeness (QED) is 0.879. The van der Waals surface area contributed by atoms with E-state index in [2.05, 4.69) is 4.90 Å². The van der Waals surface area contributed by atoms with E-state index in [9.17, 15) is 9.50 Å². The fraction of sp³-hybridized carbons (Fsp3) is 0.625. The first kappa shape index (κ1) is 12.9. The number of halogens is 1. The van der Waals surface area contributed by atoms with E-state index in [0.717, 1.165) is 31.3 Å². The van der Waals surface area contributed by atoms with Gasteiger partial charge in [-0.2, -0.15) is 0 Å². The van der Waals surface area contributed by atoms with Crippen LogP contribution in [0.15, 0.2) is 18.2 Å². The highest BCUT2D eigenvalue weighted by Crippen LogP contribution is 2.46. The van der Waals surface area contributed by atoms with Crippen molar-refractivity contribution in [3.8, 4) is 5.75 Å². The molecule has 19 heavy (non-hydrogen) atoms. The molecule has 104 valence electrons. The van der Waals surface area contributed by atoms with E-state index in [0.29, 0.717) is 5.41 Å². The molecule has 1 heterocycles. The topological polar surface area (TPSA) is 23.5 Å². The Labute approximate surface area is 114 Å². The highest BCUT2D eigenvalue weighted by Gasteiger charge is 2.36. The van der Waals surface area contributed by atoms with E-state index in [1.807, 2.05) is 0 Å². The third-order valence-electron chi connectivity index (χ3n) is 4.93. The SMILES string of the molecule is Oc1cc(F)cc(CN2CCC3(CCCC3)CC2)c1. The zero-order chi connectivity index (χ0) is 13.3. The smallest absolute Gasteiger partial charge is 0.127 e. The molecule has 1 aliphatic heterocycles. The summed E-state index contributed by atoms with van der Waals surface area (Å²) >= 11 is 0. The van der Waals surface area contributed by atoms with E-state index < -0.39 is 0 Å². The normalized spacial score (nSPS) is 23.0. The number of nitrogens with zero attached hydrogens (tertiary/aromatic N) is 1. The van der Waals surface area contributed by atoms with Gasteiger partial charge in [0.05, 0.1) is 0 Å². The monoisotopic (exact) mass is 263 g/mol. The Hall–Kier alpha value is -1.09. The largest absolute Gasteiger partial charge is 0.508 e. The fourth-order valence-corrected chi connectivity index (χ4v) is 3.79. The molecule has 0 bridgehead atoms. The molecule has 1 aromatic rings. The summed E-state index contributed by atoms with van der Waals surface area (Å²) in [5.74, 6) is -0.321. The Morgan fingerprint density at radius 2 is 1.74 bits per heavy atom. The Morgan fingerprint density at radius 3 is 2.37 bits per heavy atom. The number of likely N-dealkylation sites (tertiary alicyclic amines) is 1. The van der Waals surface area contributed by atoms with E-state index in [1.54, 1.807) is 6.07 Å². The zero-order valence-corrected chi connectivity index (χ0v) is 11.4. The molecule has 1 saturated heterocycles. The van der Waals surface area contributed by atoms with Crippen molar-refractivity contribution in [3.05, 3.63) is 29.6 Å². The van der Waals surface area contributed by atoms with Crippen LogP contribution in [0.25, 0.3) is 0 Å². The van der Waals surface area contributed by atoms with E-state index in [-0.39, 0.29) is 11.6 Å². The Kier molecular flexibility index (Phi) is 3.48. The van der Waals surface area contributed by atoms with Crippen LogP contribution in [0.4, 0.5) is 4.39 Å². The van der Waals surface area contributed by atoms with Crippen LogP contribution in [0.2, 0.25) is 0 Å². The van der Waals surface area contributed by atoms with Gasteiger partial charge in [-0.3, -0.25) is 4.90 Å². The van der Waals surface area contributed by atoms with Crippen molar-refractivity contribution in [2.24, 2.45) is 5.41 Å². The minimum absolute atomic E-state index is 0.0271. The maximum Gasteiger partial charge on any atom is 0.127 e. The average molecular weight is 263 g/mol. The molecule has 1 N–H and O–H groups in total. The number of hydrogen-bond donors (Lipinski definition) is 1. The van der Waals surface area contributed by atoms with Crippen molar-refractivity contribution < 1.29 is 9.50 Å². The molecule has 1 saturated carbocycles. The lowest BCUT2D eigenvalue weighted by atomic mass is 9.77. The second-order valence-corrected chi connectivity index (χ2v) is 6.30. The third kappa shape index (κ3) is 2.92. The molecular formula is C16H22FNO. The molecule has 2 fully saturated rings. The van der Waals surface area contributed by atoms with E-state index in [4.69, 9.17) is 0 Å². The molecule has 3 rings (SSSR count). The van der Waals surface area contributed by atoms with Gasteiger partial charge < -0.3 is 5.11 Å². The zero-order valence-electron chi connectivity index (χ0n) is 11.4. The molecule has 2 nitrogen and oxygen atoms in total. The van der Waals surface area contributed by atoms with Gasteiger partial charge in [0.15, 0.2) is 0 Å². The molecule has 0 radical (unpaired) electrons. The number of piperidine rings is 1. The minimum atomic E-state index is -0.348. The van der Waals surface area contributed by atoms with Crippen molar-refractivity contribution in [2.45, 2.75) is 45.1 Å². The average Bonchev–Trinajstić information content (AvgIpc) is 2.80. The lowest BCUT2D eigenvalue weighted by molar-refractivity contribution is 0.103. The van der Waals surface area contributed by atoms with Gasteiger partial charge in [-0.25, -0.2) is 4.39 Å². The van der Waals surface area contributed by atoms with Crippen LogP contribution in [0.1, 0.15) is 44.1 Å². The van der Waals surface area contributed by atoms with Gasteiger partial charge in [-0.05, 0) is 61.9 Å². The summed E-state index contributed by atoms with van der Waals surface area (Å²) in [6.45, 7) is 2.97. The Balaban J connectivity index is 1.59. The molecule has 1 aliphatic carbocycles. The molecule has 0 atom stereocenters.